The lowest BCUT2D eigenvalue weighted by Gasteiger charge is -2.21. The number of anilines is 2. The quantitative estimate of drug-likeness (QED) is 0.743. The maximum atomic E-state index is 12.5. The van der Waals surface area contributed by atoms with E-state index in [4.69, 9.17) is 4.74 Å². The van der Waals surface area contributed by atoms with E-state index in [0.717, 1.165) is 18.8 Å². The highest BCUT2D eigenvalue weighted by molar-refractivity contribution is 9.10. The number of nitrogens with one attached hydrogen (secondary N) is 1. The molecule has 0 saturated heterocycles. The molecule has 7 heteroatoms. The van der Waals surface area contributed by atoms with E-state index >= 15 is 0 Å². The van der Waals surface area contributed by atoms with Gasteiger partial charge in [0.1, 0.15) is 5.75 Å². The minimum Gasteiger partial charge on any atom is -0.496 e. The van der Waals surface area contributed by atoms with Gasteiger partial charge in [0.05, 0.1) is 16.5 Å². The number of methoxy groups -OCH3 is 1. The number of halogens is 1. The topological polar surface area (TPSA) is 58.6 Å². The molecule has 0 aliphatic rings. The summed E-state index contributed by atoms with van der Waals surface area (Å²) in [7, 11) is -2.12. The van der Waals surface area contributed by atoms with E-state index in [0.29, 0.717) is 15.9 Å². The average Bonchev–Trinajstić information content (AvgIpc) is 2.57. The first kappa shape index (κ1) is 18.6. The van der Waals surface area contributed by atoms with Crippen LogP contribution in [0.5, 0.6) is 5.75 Å². The number of rotatable bonds is 7. The van der Waals surface area contributed by atoms with Crippen LogP contribution in [0.4, 0.5) is 11.4 Å². The van der Waals surface area contributed by atoms with Crippen molar-refractivity contribution in [1.29, 1.82) is 0 Å². The molecular formula is C17H21BrN2O3S. The minimum atomic E-state index is -3.65. The third-order valence-electron chi connectivity index (χ3n) is 3.68. The van der Waals surface area contributed by atoms with Crippen LogP contribution >= 0.6 is 15.9 Å². The van der Waals surface area contributed by atoms with E-state index in [1.54, 1.807) is 18.2 Å². The number of nitrogens with zero attached hydrogens (tertiary/aromatic N) is 1. The van der Waals surface area contributed by atoms with Crippen molar-refractivity contribution >= 4 is 37.3 Å². The van der Waals surface area contributed by atoms with Crippen molar-refractivity contribution in [2.75, 3.05) is 29.8 Å². The van der Waals surface area contributed by atoms with E-state index in [-0.39, 0.29) is 4.90 Å². The molecule has 0 unspecified atom stereocenters. The van der Waals surface area contributed by atoms with Crippen molar-refractivity contribution in [3.63, 3.8) is 0 Å². The first-order valence-electron chi connectivity index (χ1n) is 7.62. The maximum Gasteiger partial charge on any atom is 0.261 e. The van der Waals surface area contributed by atoms with Crippen molar-refractivity contribution in [3.8, 4) is 5.75 Å². The minimum absolute atomic E-state index is 0.169. The summed E-state index contributed by atoms with van der Waals surface area (Å²) >= 11 is 3.30. The van der Waals surface area contributed by atoms with Gasteiger partial charge in [-0.25, -0.2) is 8.42 Å². The molecule has 0 saturated carbocycles. The molecule has 0 fully saturated rings. The molecule has 1 N–H and O–H groups in total. The maximum absolute atomic E-state index is 12.5. The number of sulfonamides is 1. The molecule has 0 amide bonds. The molecule has 0 aliphatic heterocycles. The summed E-state index contributed by atoms with van der Waals surface area (Å²) in [5.41, 5.74) is 1.59. The van der Waals surface area contributed by atoms with Crippen LogP contribution in [0, 0.1) is 0 Å². The molecule has 24 heavy (non-hydrogen) atoms. The zero-order valence-corrected chi connectivity index (χ0v) is 16.3. The molecule has 0 spiro atoms. The molecule has 5 nitrogen and oxygen atoms in total. The Morgan fingerprint density at radius 1 is 1.08 bits per heavy atom. The van der Waals surface area contributed by atoms with Crippen molar-refractivity contribution < 1.29 is 13.2 Å². The van der Waals surface area contributed by atoms with Crippen LogP contribution in [-0.4, -0.2) is 28.6 Å². The normalized spacial score (nSPS) is 11.2. The molecule has 0 heterocycles. The van der Waals surface area contributed by atoms with Crippen LogP contribution in [0.25, 0.3) is 0 Å². The first-order valence-corrected chi connectivity index (χ1v) is 9.90. The summed E-state index contributed by atoms with van der Waals surface area (Å²) in [4.78, 5) is 2.36. The van der Waals surface area contributed by atoms with Gasteiger partial charge in [-0.1, -0.05) is 0 Å². The lowest BCUT2D eigenvalue weighted by molar-refractivity contribution is 0.411. The summed E-state index contributed by atoms with van der Waals surface area (Å²) in [6.07, 6.45) is 0. The largest absolute Gasteiger partial charge is 0.496 e. The Kier molecular flexibility index (Phi) is 6.12. The molecule has 0 radical (unpaired) electrons. The SMILES string of the molecule is CCN(CC)c1ccc(NS(=O)(=O)c2ccc(OC)c(Br)c2)cc1. The smallest absolute Gasteiger partial charge is 0.261 e. The lowest BCUT2D eigenvalue weighted by Crippen LogP contribution is -2.21. The first-order chi connectivity index (χ1) is 11.4. The highest BCUT2D eigenvalue weighted by Crippen LogP contribution is 2.28. The number of ether oxygens (including phenoxy) is 1. The molecule has 0 aliphatic carbocycles. The van der Waals surface area contributed by atoms with Gasteiger partial charge in [0.2, 0.25) is 0 Å². The molecule has 2 aromatic rings. The zero-order valence-electron chi connectivity index (χ0n) is 13.9. The predicted molar refractivity (Wildman–Crippen MR) is 102 cm³/mol. The van der Waals surface area contributed by atoms with Gasteiger partial charge >= 0.3 is 0 Å². The van der Waals surface area contributed by atoms with Crippen LogP contribution in [0.2, 0.25) is 0 Å². The van der Waals surface area contributed by atoms with Crippen LogP contribution < -0.4 is 14.4 Å². The van der Waals surface area contributed by atoms with Gasteiger partial charge in [-0.15, -0.1) is 0 Å². The van der Waals surface area contributed by atoms with Gasteiger partial charge in [-0.05, 0) is 72.2 Å². The van der Waals surface area contributed by atoms with Crippen molar-refractivity contribution in [1.82, 2.24) is 0 Å². The molecule has 2 aromatic carbocycles. The number of benzene rings is 2. The molecular weight excluding hydrogens is 392 g/mol. The van der Waals surface area contributed by atoms with Gasteiger partial charge in [0.25, 0.3) is 10.0 Å². The Morgan fingerprint density at radius 3 is 2.21 bits per heavy atom. The third kappa shape index (κ3) is 4.21. The van der Waals surface area contributed by atoms with Crippen LogP contribution in [0.1, 0.15) is 13.8 Å². The van der Waals surface area contributed by atoms with Gasteiger partial charge < -0.3 is 9.64 Å². The van der Waals surface area contributed by atoms with Crippen molar-refractivity contribution in [3.05, 3.63) is 46.9 Å². The second-order valence-corrected chi connectivity index (χ2v) is 7.66. The Bertz CT molecular complexity index is 788. The summed E-state index contributed by atoms with van der Waals surface area (Å²) in [5.74, 6) is 0.581. The van der Waals surface area contributed by atoms with E-state index in [1.807, 2.05) is 12.1 Å². The van der Waals surface area contributed by atoms with Crippen molar-refractivity contribution in [2.45, 2.75) is 18.7 Å². The van der Waals surface area contributed by atoms with E-state index in [1.165, 1.54) is 19.2 Å². The number of hydrogen-bond donors (Lipinski definition) is 1. The fourth-order valence-corrected chi connectivity index (χ4v) is 4.13. The molecule has 0 aromatic heterocycles. The van der Waals surface area contributed by atoms with Crippen LogP contribution in [0.3, 0.4) is 0 Å². The second kappa shape index (κ2) is 7.90. The summed E-state index contributed by atoms with van der Waals surface area (Å²) in [5, 5.41) is 0. The van der Waals surface area contributed by atoms with Gasteiger partial charge in [-0.2, -0.15) is 0 Å². The standard InChI is InChI=1S/C17H21BrN2O3S/c1-4-20(5-2)14-8-6-13(7-9-14)19-24(21,22)15-10-11-17(23-3)16(18)12-15/h6-12,19H,4-5H2,1-3H3. The average molecular weight is 413 g/mol. The van der Waals surface area contributed by atoms with Crippen LogP contribution in [0.15, 0.2) is 51.8 Å². The Labute approximate surface area is 151 Å². The molecule has 2 rings (SSSR count). The summed E-state index contributed by atoms with van der Waals surface area (Å²) < 4.78 is 33.3. The van der Waals surface area contributed by atoms with Crippen molar-refractivity contribution in [2.24, 2.45) is 0 Å². The van der Waals surface area contributed by atoms with E-state index in [2.05, 4.69) is 39.4 Å². The van der Waals surface area contributed by atoms with Gasteiger partial charge in [-0.3, -0.25) is 4.72 Å². The Hall–Kier alpha value is -1.73. The molecule has 0 atom stereocenters. The van der Waals surface area contributed by atoms with Gasteiger partial charge in [0.15, 0.2) is 0 Å². The Morgan fingerprint density at radius 2 is 1.71 bits per heavy atom. The summed E-state index contributed by atoms with van der Waals surface area (Å²) in [6, 6.07) is 12.0. The predicted octanol–water partition coefficient (Wildman–Crippen LogP) is 4.10. The van der Waals surface area contributed by atoms with Crippen LogP contribution in [-0.2, 0) is 10.0 Å². The highest BCUT2D eigenvalue weighted by Gasteiger charge is 2.16. The molecule has 130 valence electrons. The lowest BCUT2D eigenvalue weighted by atomic mass is 10.2. The fourth-order valence-electron chi connectivity index (χ4n) is 2.36. The van der Waals surface area contributed by atoms with E-state index < -0.39 is 10.0 Å². The third-order valence-corrected chi connectivity index (χ3v) is 5.68. The summed E-state index contributed by atoms with van der Waals surface area (Å²) in [6.45, 7) is 5.98. The fraction of sp³-hybridized carbons (Fsp3) is 0.294. The monoisotopic (exact) mass is 412 g/mol. The molecule has 0 bridgehead atoms. The second-order valence-electron chi connectivity index (χ2n) is 5.12. The Balaban J connectivity index is 2.21. The number of hydrogen-bond acceptors (Lipinski definition) is 4. The van der Waals surface area contributed by atoms with E-state index in [9.17, 15) is 8.42 Å². The highest BCUT2D eigenvalue weighted by atomic mass is 79.9. The zero-order chi connectivity index (χ0) is 17.7. The van der Waals surface area contributed by atoms with Gasteiger partial charge in [0, 0.05) is 24.5 Å².